The van der Waals surface area contributed by atoms with Crippen molar-refractivity contribution >= 4 is 17.6 Å². The minimum absolute atomic E-state index is 0.0938. The lowest BCUT2D eigenvalue weighted by Crippen LogP contribution is -2.44. The van der Waals surface area contributed by atoms with Gasteiger partial charge in [-0.05, 0) is 37.0 Å². The van der Waals surface area contributed by atoms with Crippen molar-refractivity contribution in [2.75, 3.05) is 25.0 Å². The molecule has 2 aliphatic heterocycles. The highest BCUT2D eigenvalue weighted by molar-refractivity contribution is 5.89. The fourth-order valence-electron chi connectivity index (χ4n) is 3.57. The van der Waals surface area contributed by atoms with E-state index in [4.69, 9.17) is 6.42 Å². The maximum absolute atomic E-state index is 13.2. The first-order chi connectivity index (χ1) is 14.0. The molecule has 0 saturated carbocycles. The number of likely N-dealkylation sites (tertiary alicyclic amines) is 1. The molecule has 2 N–H and O–H groups in total. The van der Waals surface area contributed by atoms with E-state index in [9.17, 15) is 14.0 Å². The Kier molecular flexibility index (Phi) is 6.81. The summed E-state index contributed by atoms with van der Waals surface area (Å²) >= 11 is 0. The van der Waals surface area contributed by atoms with E-state index >= 15 is 0 Å². The van der Waals surface area contributed by atoms with Gasteiger partial charge in [0.15, 0.2) is 5.66 Å². The zero-order valence-electron chi connectivity index (χ0n) is 16.4. The molecule has 1 fully saturated rings. The number of piperidine rings is 1. The van der Waals surface area contributed by atoms with Crippen LogP contribution in [0.1, 0.15) is 38.5 Å². The second kappa shape index (κ2) is 9.50. The van der Waals surface area contributed by atoms with Crippen LogP contribution in [0.4, 0.5) is 14.9 Å². The van der Waals surface area contributed by atoms with Crippen LogP contribution in [-0.4, -0.2) is 42.1 Å². The number of urea groups is 1. The van der Waals surface area contributed by atoms with Gasteiger partial charge in [0.05, 0.1) is 0 Å². The van der Waals surface area contributed by atoms with E-state index < -0.39 is 11.5 Å². The van der Waals surface area contributed by atoms with Crippen LogP contribution in [0.5, 0.6) is 0 Å². The van der Waals surface area contributed by atoms with Crippen molar-refractivity contribution in [2.24, 2.45) is 16.1 Å². The van der Waals surface area contributed by atoms with Crippen molar-refractivity contribution in [2.45, 2.75) is 44.2 Å². The molecule has 7 nitrogen and oxygen atoms in total. The number of rotatable bonds is 8. The monoisotopic (exact) mass is 399 g/mol. The van der Waals surface area contributed by atoms with Crippen molar-refractivity contribution in [3.8, 4) is 12.3 Å². The van der Waals surface area contributed by atoms with E-state index in [-0.39, 0.29) is 17.9 Å². The largest absolute Gasteiger partial charge is 0.342 e. The molecule has 2 heterocycles. The summed E-state index contributed by atoms with van der Waals surface area (Å²) in [7, 11) is 0. The molecule has 0 spiro atoms. The Morgan fingerprint density at radius 3 is 2.90 bits per heavy atom. The van der Waals surface area contributed by atoms with Crippen LogP contribution in [0.25, 0.3) is 0 Å². The molecule has 8 heteroatoms. The molecule has 0 bridgehead atoms. The number of benzene rings is 1. The predicted molar refractivity (Wildman–Crippen MR) is 108 cm³/mol. The van der Waals surface area contributed by atoms with Crippen LogP contribution < -0.4 is 10.6 Å². The molecular weight excluding hydrogens is 373 g/mol. The van der Waals surface area contributed by atoms with Crippen molar-refractivity contribution < 1.29 is 14.0 Å². The highest BCUT2D eigenvalue weighted by atomic mass is 19.1. The first-order valence-corrected chi connectivity index (χ1v) is 9.95. The molecule has 0 aromatic heterocycles. The summed E-state index contributed by atoms with van der Waals surface area (Å²) in [4.78, 5) is 26.5. The molecule has 0 radical (unpaired) electrons. The van der Waals surface area contributed by atoms with Gasteiger partial charge in [0, 0.05) is 51.0 Å². The van der Waals surface area contributed by atoms with Gasteiger partial charge in [-0.3, -0.25) is 4.79 Å². The Morgan fingerprint density at radius 2 is 2.17 bits per heavy atom. The summed E-state index contributed by atoms with van der Waals surface area (Å²) < 4.78 is 13.2. The van der Waals surface area contributed by atoms with E-state index in [0.29, 0.717) is 44.5 Å². The van der Waals surface area contributed by atoms with Crippen LogP contribution in [0.3, 0.4) is 0 Å². The first-order valence-electron chi connectivity index (χ1n) is 9.95. The zero-order chi connectivity index (χ0) is 20.7. The standard InChI is InChI=1S/C21H26FN5O2/c1-2-3-10-21(25-26-21)11-9-19(28)27-12-5-6-16(15-27)14-23-20(29)24-18-8-4-7-17(22)13-18/h1,4,7-8,13,16H,3,5-6,9-12,14-15H2,(H2,23,24,29). The van der Waals surface area contributed by atoms with Crippen LogP contribution in [0, 0.1) is 24.1 Å². The predicted octanol–water partition coefficient (Wildman–Crippen LogP) is 3.54. The molecule has 3 amide bonds. The smallest absolute Gasteiger partial charge is 0.319 e. The lowest BCUT2D eigenvalue weighted by molar-refractivity contribution is -0.133. The third kappa shape index (κ3) is 6.28. The zero-order valence-corrected chi connectivity index (χ0v) is 16.4. The normalized spacial score (nSPS) is 19.3. The Hall–Kier alpha value is -2.95. The molecule has 3 rings (SSSR count). The number of anilines is 1. The summed E-state index contributed by atoms with van der Waals surface area (Å²) in [6.45, 7) is 1.81. The summed E-state index contributed by atoms with van der Waals surface area (Å²) in [5.74, 6) is 2.47. The number of nitrogens with one attached hydrogen (secondary N) is 2. The molecule has 1 unspecified atom stereocenters. The number of hydrogen-bond acceptors (Lipinski definition) is 4. The summed E-state index contributed by atoms with van der Waals surface area (Å²) in [5, 5.41) is 13.6. The maximum Gasteiger partial charge on any atom is 0.319 e. The number of halogens is 1. The summed E-state index contributed by atoms with van der Waals surface area (Å²) in [6, 6.07) is 5.35. The van der Waals surface area contributed by atoms with E-state index in [2.05, 4.69) is 26.8 Å². The topological polar surface area (TPSA) is 86.2 Å². The molecule has 0 aliphatic carbocycles. The van der Waals surface area contributed by atoms with Crippen LogP contribution >= 0.6 is 0 Å². The average Bonchev–Trinajstić information content (AvgIpc) is 3.49. The van der Waals surface area contributed by atoms with Gasteiger partial charge in [-0.15, -0.1) is 12.3 Å². The quantitative estimate of drug-likeness (QED) is 0.655. The first kappa shape index (κ1) is 20.8. The van der Waals surface area contributed by atoms with Gasteiger partial charge >= 0.3 is 6.03 Å². The van der Waals surface area contributed by atoms with E-state index in [0.717, 1.165) is 19.4 Å². The van der Waals surface area contributed by atoms with Crippen molar-refractivity contribution in [1.82, 2.24) is 10.2 Å². The van der Waals surface area contributed by atoms with Gasteiger partial charge in [0.1, 0.15) is 5.82 Å². The fraction of sp³-hybridized carbons (Fsp3) is 0.524. The number of hydrogen-bond donors (Lipinski definition) is 2. The maximum atomic E-state index is 13.2. The Bertz CT molecular complexity index is 814. The molecule has 1 atom stereocenters. The lowest BCUT2D eigenvalue weighted by atomic mass is 9.96. The third-order valence-electron chi connectivity index (χ3n) is 5.30. The van der Waals surface area contributed by atoms with Gasteiger partial charge in [-0.1, -0.05) is 6.07 Å². The molecule has 1 aromatic rings. The molecule has 29 heavy (non-hydrogen) atoms. The Labute approximate surface area is 170 Å². The highest BCUT2D eigenvalue weighted by Crippen LogP contribution is 2.37. The fourth-order valence-corrected chi connectivity index (χ4v) is 3.57. The molecule has 2 aliphatic rings. The van der Waals surface area contributed by atoms with Crippen molar-refractivity contribution in [3.05, 3.63) is 30.1 Å². The van der Waals surface area contributed by atoms with Crippen LogP contribution in [0.2, 0.25) is 0 Å². The van der Waals surface area contributed by atoms with E-state index in [1.165, 1.54) is 18.2 Å². The van der Waals surface area contributed by atoms with Gasteiger partial charge < -0.3 is 15.5 Å². The Morgan fingerprint density at radius 1 is 1.34 bits per heavy atom. The highest BCUT2D eigenvalue weighted by Gasteiger charge is 2.39. The van der Waals surface area contributed by atoms with E-state index in [1.54, 1.807) is 6.07 Å². The minimum atomic E-state index is -0.437. The number of amides is 3. The number of carbonyl (C=O) groups excluding carboxylic acids is 2. The van der Waals surface area contributed by atoms with Crippen molar-refractivity contribution in [1.29, 1.82) is 0 Å². The minimum Gasteiger partial charge on any atom is -0.342 e. The van der Waals surface area contributed by atoms with Crippen LogP contribution in [0.15, 0.2) is 34.5 Å². The van der Waals surface area contributed by atoms with Crippen LogP contribution in [-0.2, 0) is 4.79 Å². The molecule has 1 saturated heterocycles. The second-order valence-corrected chi connectivity index (χ2v) is 7.58. The van der Waals surface area contributed by atoms with Gasteiger partial charge in [-0.2, -0.15) is 10.2 Å². The SMILES string of the molecule is C#CCCC1(CCC(=O)N2CCCC(CNC(=O)Nc3cccc(F)c3)C2)N=N1. The molecule has 154 valence electrons. The average molecular weight is 399 g/mol. The summed E-state index contributed by atoms with van der Waals surface area (Å²) in [6.07, 6.45) is 9.45. The summed E-state index contributed by atoms with van der Waals surface area (Å²) in [5.41, 5.74) is -0.0362. The Balaban J connectivity index is 1.39. The number of terminal acetylenes is 1. The molecular formula is C21H26FN5O2. The van der Waals surface area contributed by atoms with Gasteiger partial charge in [0.2, 0.25) is 5.91 Å². The number of nitrogens with zero attached hydrogens (tertiary/aromatic N) is 3. The third-order valence-corrected chi connectivity index (χ3v) is 5.30. The lowest BCUT2D eigenvalue weighted by Gasteiger charge is -2.33. The van der Waals surface area contributed by atoms with E-state index in [1.807, 2.05) is 4.90 Å². The number of carbonyl (C=O) groups is 2. The van der Waals surface area contributed by atoms with Gasteiger partial charge in [0.25, 0.3) is 0 Å². The molecule has 1 aromatic carbocycles. The van der Waals surface area contributed by atoms with Crippen molar-refractivity contribution in [3.63, 3.8) is 0 Å². The van der Waals surface area contributed by atoms with Gasteiger partial charge in [-0.25, -0.2) is 9.18 Å². The second-order valence-electron chi connectivity index (χ2n) is 7.58.